The Morgan fingerprint density at radius 1 is 0.352 bits per heavy atom. The molecule has 12 aromatic carbocycles. The number of halogens is 9. The number of nitrogens with one attached hydrogen (secondary N) is 3. The van der Waals surface area contributed by atoms with Crippen LogP contribution in [-0.2, 0) is 81.7 Å². The third-order valence-corrected chi connectivity index (χ3v) is 21.9. The van der Waals surface area contributed by atoms with Gasteiger partial charge in [-0.3, -0.25) is 0 Å². The molecular formula is C113H106F9N17Pt3. The normalized spacial score (nSPS) is 15.1. The minimum atomic E-state index is -4.56. The summed E-state index contributed by atoms with van der Waals surface area (Å²) in [6.07, 6.45) is 5.29. The Balaban J connectivity index is 0.000000198. The molecule has 0 bridgehead atoms. The van der Waals surface area contributed by atoms with Gasteiger partial charge in [0.25, 0.3) is 0 Å². The van der Waals surface area contributed by atoms with Gasteiger partial charge in [0.1, 0.15) is 0 Å². The van der Waals surface area contributed by atoms with Crippen LogP contribution in [0.2, 0.25) is 0 Å². The summed E-state index contributed by atoms with van der Waals surface area (Å²) < 4.78 is 252. The smallest absolute Gasteiger partial charge is 0.657 e. The molecule has 142 heavy (non-hydrogen) atoms. The number of nitriles is 2. The summed E-state index contributed by atoms with van der Waals surface area (Å²) in [4.78, 5) is 24.5. The number of benzene rings is 12. The van der Waals surface area contributed by atoms with E-state index in [1.807, 2.05) is 129 Å². The van der Waals surface area contributed by atoms with Crippen LogP contribution in [0.1, 0.15) is 123 Å². The summed E-state index contributed by atoms with van der Waals surface area (Å²) in [5.74, 6) is 0. The first kappa shape index (κ1) is 86.4. The van der Waals surface area contributed by atoms with E-state index in [0.29, 0.717) is 56.2 Å². The Morgan fingerprint density at radius 3 is 0.880 bits per heavy atom. The molecule has 15 aromatic rings. The van der Waals surface area contributed by atoms with Gasteiger partial charge in [-0.05, 0) is 306 Å². The SMILES string of the molecule is FC(F)(F)c1ccc2[n-]c3ccc(C(F)(F)F)cc3c2c1.FC(F)(F)c1ccc2[n-]c3ccccc3c2c1.N#Cc1ccc2[n-]c3ccc(C#N)cc3c2c1.[2H]C([2H])([2H])N1C=CN(c2[c-]c(N[CH-]N(/C=C\C)C([2H])([2H])[2H])cc(-c3c(C)cc(C)cc3C)c2)[CH-]1.[2H]C([2H])([2H])N1C=CN(c2[c-]c(N[CH-]N(/C=C\C)C([2H])([2H])[2H])cc(-c3c(C)cc(C)cc3C)c2)[CH-]1.[2H]C([2H])([2H])N1C=CN(c2[c-]c(N[CH-]N(/C=C\C)C([2H])([2H])[2H])cc(-c3c(C)cc(C)cc3C)c2)[CH-]1.[Pt+4].[Pt+4].[Pt+4]. The first-order chi connectivity index (χ1) is 73.4. The minimum Gasteiger partial charge on any atom is -0.657 e. The second-order valence-electron chi connectivity index (χ2n) is 32.7. The van der Waals surface area contributed by atoms with Crippen LogP contribution in [-0.4, -0.2) is 71.3 Å². The maximum absolute atomic E-state index is 12.7. The van der Waals surface area contributed by atoms with Gasteiger partial charge in [-0.1, -0.05) is 144 Å². The molecule has 0 saturated heterocycles. The van der Waals surface area contributed by atoms with E-state index < -0.39 is 77.1 Å². The molecule has 0 fully saturated rings. The third kappa shape index (κ3) is 27.8. The van der Waals surface area contributed by atoms with E-state index >= 15 is 0 Å². The summed E-state index contributed by atoms with van der Waals surface area (Å²) in [5.41, 5.74) is 21.7. The van der Waals surface area contributed by atoms with Crippen LogP contribution in [0.5, 0.6) is 0 Å². The zero-order chi connectivity index (χ0) is 115. The number of para-hydroxylation sites is 1. The van der Waals surface area contributed by atoms with Crippen LogP contribution in [0.25, 0.3) is 98.8 Å². The van der Waals surface area contributed by atoms with Gasteiger partial charge in [-0.25, -0.2) is 0 Å². The number of hydrogen-bond acceptors (Lipinski definition) is 14. The Bertz CT molecular complexity index is 7420. The van der Waals surface area contributed by atoms with Gasteiger partial charge in [0.15, 0.2) is 0 Å². The van der Waals surface area contributed by atoms with Crippen molar-refractivity contribution < 1.29 is 127 Å². The van der Waals surface area contributed by atoms with Crippen LogP contribution in [0.3, 0.4) is 0 Å². The van der Waals surface area contributed by atoms with Gasteiger partial charge in [0.05, 0.1) is 40.0 Å². The molecule has 29 heteroatoms. The molecule has 3 aliphatic heterocycles. The van der Waals surface area contributed by atoms with Crippen molar-refractivity contribution in [1.82, 2.24) is 44.4 Å². The van der Waals surface area contributed by atoms with Crippen molar-refractivity contribution in [3.05, 3.63) is 398 Å². The van der Waals surface area contributed by atoms with Crippen molar-refractivity contribution in [3.63, 3.8) is 0 Å². The summed E-state index contributed by atoms with van der Waals surface area (Å²) in [6.45, 7) is 18.3. The van der Waals surface area contributed by atoms with Crippen molar-refractivity contribution in [2.45, 2.75) is 102 Å². The summed E-state index contributed by atoms with van der Waals surface area (Å²) in [5, 5.41) is 30.2. The van der Waals surface area contributed by atoms with E-state index in [0.717, 1.165) is 194 Å². The van der Waals surface area contributed by atoms with Crippen LogP contribution in [0.4, 0.5) is 73.6 Å². The fourth-order valence-electron chi connectivity index (χ4n) is 16.3. The number of allylic oxidation sites excluding steroid dienone is 3. The van der Waals surface area contributed by atoms with Crippen molar-refractivity contribution in [2.75, 3.05) is 72.5 Å². The van der Waals surface area contributed by atoms with Crippen LogP contribution in [0, 0.1) is 143 Å². The predicted molar refractivity (Wildman–Crippen MR) is 546 cm³/mol. The summed E-state index contributed by atoms with van der Waals surface area (Å²) in [6, 6.07) is 65.4. The van der Waals surface area contributed by atoms with Gasteiger partial charge >= 0.3 is 81.7 Å². The zero-order valence-corrected chi connectivity index (χ0v) is 85.2. The van der Waals surface area contributed by atoms with E-state index in [1.54, 1.807) is 103 Å². The molecule has 0 spiro atoms. The number of rotatable bonds is 18. The minimum absolute atomic E-state index is 0. The number of anilines is 6. The number of nitrogens with zero attached hydrogens (tertiary/aromatic N) is 14. The average Bonchev–Trinajstić information content (AvgIpc) is 1.61. The van der Waals surface area contributed by atoms with Gasteiger partial charge in [0, 0.05) is 24.7 Å². The molecule has 0 aliphatic carbocycles. The number of aryl methyl sites for hydroxylation is 9. The number of alkyl halides is 9. The molecule has 3 aromatic heterocycles. The zero-order valence-electron chi connectivity index (χ0n) is 96.4. The molecule has 3 aliphatic rings. The van der Waals surface area contributed by atoms with Crippen LogP contribution < -0.4 is 45.6 Å². The molecule has 6 heterocycles. The molecule has 3 N–H and O–H groups in total. The quantitative estimate of drug-likeness (QED) is 0.0550. The van der Waals surface area contributed by atoms with Crippen molar-refractivity contribution in [3.8, 4) is 45.5 Å². The number of fused-ring (bicyclic) bond motifs is 9. The first-order valence-electron chi connectivity index (χ1n) is 52.2. The predicted octanol–water partition coefficient (Wildman–Crippen LogP) is 27.9. The van der Waals surface area contributed by atoms with E-state index in [9.17, 15) is 39.5 Å². The van der Waals surface area contributed by atoms with E-state index in [2.05, 4.69) is 97.6 Å². The number of aromatic nitrogens is 3. The van der Waals surface area contributed by atoms with E-state index in [4.69, 9.17) is 35.2 Å². The molecule has 736 valence electrons. The average molecular weight is 2480 g/mol. The summed E-state index contributed by atoms with van der Waals surface area (Å²) in [7, 11) is 0. The van der Waals surface area contributed by atoms with Gasteiger partial charge in [0.2, 0.25) is 0 Å². The second-order valence-corrected chi connectivity index (χ2v) is 32.7. The fraction of sp³-hybridized carbons (Fsp3) is 0.186. The fourth-order valence-corrected chi connectivity index (χ4v) is 16.3. The van der Waals surface area contributed by atoms with Crippen LogP contribution >= 0.6 is 0 Å². The maximum atomic E-state index is 12.7. The molecule has 18 rings (SSSR count). The molecule has 0 atom stereocenters. The van der Waals surface area contributed by atoms with Crippen LogP contribution in [0.15, 0.2) is 262 Å². The topological polar surface area (TPSA) is 155 Å². The number of hydrogen-bond donors (Lipinski definition) is 3. The van der Waals surface area contributed by atoms with E-state index in [-0.39, 0.29) is 85.0 Å². The first-order valence-corrected chi connectivity index (χ1v) is 43.2. The van der Waals surface area contributed by atoms with Crippen molar-refractivity contribution >= 4 is 99.5 Å². The van der Waals surface area contributed by atoms with Crippen molar-refractivity contribution in [1.29, 1.82) is 10.5 Å². The molecule has 17 nitrogen and oxygen atoms in total. The molecule has 0 radical (unpaired) electrons. The Morgan fingerprint density at radius 2 is 0.620 bits per heavy atom. The van der Waals surface area contributed by atoms with Crippen molar-refractivity contribution in [2.24, 2.45) is 0 Å². The summed E-state index contributed by atoms with van der Waals surface area (Å²) >= 11 is 0. The Hall–Kier alpha value is -13.5. The molecular weight excluding hydrogens is 2350 g/mol. The molecule has 0 saturated carbocycles. The standard InChI is InChI=1S/3C24H29N4.C14H6F6N.C14H6N3.C13H7F3N.3Pt/c3*1-7-8-26(5)16-25-22-13-21(24-19(3)11-18(2)12-20(24)4)14-23(15-22)28-10-9-27(6)17-28;15-13(16,17)7-1-3-11-9(5-7)10-6-8(14(18,19)20)2-4-12(10)21-11;15-7-9-1-3-13-11(5-9)12-6-10(8-16)2-4-14(12)17-13;14-13(15,16)8-5-6-12-10(7-8)9-3-1-2-4-11(9)17-12;;;/h3*7-14,16-17,25H,1-6H3;1-6H;1-6H;1-7H;;;/q3*-3;3*-1;3*+4/b3*8-7-;;;;;;/i3*5D3,6D3;;;;;;. The Labute approximate surface area is 894 Å². The van der Waals surface area contributed by atoms with Gasteiger partial charge < -0.3 is 75.0 Å². The third-order valence-electron chi connectivity index (χ3n) is 21.9. The largest absolute Gasteiger partial charge is 4.00 e. The van der Waals surface area contributed by atoms with Gasteiger partial charge in [-0.2, -0.15) is 90.0 Å². The Kier molecular flexibility index (Phi) is 29.4. The molecule has 0 unspecified atom stereocenters. The monoisotopic (exact) mass is 2470 g/mol. The molecule has 0 amide bonds. The maximum Gasteiger partial charge on any atom is 4.00 e. The van der Waals surface area contributed by atoms with Gasteiger partial charge in [-0.15, -0.1) is 139 Å². The van der Waals surface area contributed by atoms with E-state index in [1.165, 1.54) is 83.3 Å². The second kappa shape index (κ2) is 48.3.